The van der Waals surface area contributed by atoms with Gasteiger partial charge in [0.15, 0.2) is 0 Å². The van der Waals surface area contributed by atoms with Gasteiger partial charge in [0, 0.05) is 24.9 Å². The van der Waals surface area contributed by atoms with Crippen molar-refractivity contribution < 1.29 is 17.9 Å². The third-order valence-electron chi connectivity index (χ3n) is 8.86. The molecule has 7 nitrogen and oxygen atoms in total. The van der Waals surface area contributed by atoms with Crippen molar-refractivity contribution in [2.75, 3.05) is 13.2 Å². The van der Waals surface area contributed by atoms with E-state index in [9.17, 15) is 13.2 Å². The number of carbonyl (C=O) groups excluding carboxylic acids is 1. The molecule has 2 aliphatic rings. The largest absolute Gasteiger partial charge is 0.493 e. The quantitative estimate of drug-likeness (QED) is 0.179. The minimum Gasteiger partial charge on any atom is -0.493 e. The Kier molecular flexibility index (Phi) is 9.60. The average molecular weight is 612 g/mol. The van der Waals surface area contributed by atoms with E-state index in [0.29, 0.717) is 13.0 Å². The summed E-state index contributed by atoms with van der Waals surface area (Å²) in [5, 5.41) is 8.58. The van der Waals surface area contributed by atoms with Crippen molar-refractivity contribution in [3.8, 4) is 5.75 Å². The average Bonchev–Trinajstić information content (AvgIpc) is 3.05. The summed E-state index contributed by atoms with van der Waals surface area (Å²) in [6, 6.07) is 27.2. The van der Waals surface area contributed by atoms with Crippen LogP contribution < -0.4 is 20.1 Å². The molecule has 2 atom stereocenters. The van der Waals surface area contributed by atoms with Crippen LogP contribution in [0, 0.1) is 5.92 Å². The second-order valence-electron chi connectivity index (χ2n) is 12.1. The van der Waals surface area contributed by atoms with Crippen molar-refractivity contribution in [2.45, 2.75) is 68.5 Å². The highest BCUT2D eigenvalue weighted by atomic mass is 32.2. The van der Waals surface area contributed by atoms with Crippen molar-refractivity contribution in [3.05, 3.63) is 108 Å². The number of nitrogens with one attached hydrogen (secondary N) is 3. The van der Waals surface area contributed by atoms with Gasteiger partial charge in [0.25, 0.3) is 0 Å². The van der Waals surface area contributed by atoms with E-state index in [2.05, 4.69) is 27.5 Å². The number of fused-ring (bicyclic) bond motifs is 2. The van der Waals surface area contributed by atoms with E-state index in [-0.39, 0.29) is 23.3 Å². The van der Waals surface area contributed by atoms with Crippen LogP contribution in [0.1, 0.15) is 73.7 Å². The number of amides is 1. The Labute approximate surface area is 260 Å². The highest BCUT2D eigenvalue weighted by Crippen LogP contribution is 2.33. The molecule has 6 rings (SSSR count). The first kappa shape index (κ1) is 30.3. The van der Waals surface area contributed by atoms with Gasteiger partial charge in [0.2, 0.25) is 15.9 Å². The zero-order valence-electron chi connectivity index (χ0n) is 25.0. The molecule has 0 saturated heterocycles. The molecule has 230 valence electrons. The third kappa shape index (κ3) is 7.49. The number of hydrogen-bond acceptors (Lipinski definition) is 5. The molecule has 0 spiro atoms. The molecule has 0 radical (unpaired) electrons. The van der Waals surface area contributed by atoms with Gasteiger partial charge in [-0.2, -0.15) is 0 Å². The van der Waals surface area contributed by atoms with E-state index in [0.717, 1.165) is 46.7 Å². The lowest BCUT2D eigenvalue weighted by Crippen LogP contribution is -2.36. The van der Waals surface area contributed by atoms with Crippen molar-refractivity contribution in [2.24, 2.45) is 5.92 Å². The molecule has 2 unspecified atom stereocenters. The lowest BCUT2D eigenvalue weighted by Gasteiger charge is -2.28. The molecule has 44 heavy (non-hydrogen) atoms. The van der Waals surface area contributed by atoms with Crippen LogP contribution in [0.3, 0.4) is 0 Å². The second-order valence-corrected chi connectivity index (χ2v) is 13.8. The minimum absolute atomic E-state index is 0.0350. The monoisotopic (exact) mass is 611 g/mol. The fourth-order valence-electron chi connectivity index (χ4n) is 6.45. The third-order valence-corrected chi connectivity index (χ3v) is 10.3. The second kappa shape index (κ2) is 13.9. The van der Waals surface area contributed by atoms with Gasteiger partial charge in [-0.1, -0.05) is 92.1 Å². The van der Waals surface area contributed by atoms with Gasteiger partial charge in [-0.25, -0.2) is 13.1 Å². The van der Waals surface area contributed by atoms with E-state index in [1.54, 1.807) is 18.2 Å². The van der Waals surface area contributed by atoms with Gasteiger partial charge in [-0.15, -0.1) is 0 Å². The summed E-state index contributed by atoms with van der Waals surface area (Å²) in [6.45, 7) is 2.34. The molecule has 4 aromatic carbocycles. The highest BCUT2D eigenvalue weighted by molar-refractivity contribution is 7.89. The number of ether oxygens (including phenoxy) is 1. The summed E-state index contributed by atoms with van der Waals surface area (Å²) >= 11 is 0. The molecule has 1 saturated carbocycles. The normalized spacial score (nSPS) is 17.9. The van der Waals surface area contributed by atoms with Gasteiger partial charge in [-0.05, 0) is 65.4 Å². The molecule has 4 aromatic rings. The van der Waals surface area contributed by atoms with E-state index >= 15 is 0 Å². The van der Waals surface area contributed by atoms with E-state index in [4.69, 9.17) is 4.74 Å². The van der Waals surface area contributed by atoms with Crippen LogP contribution >= 0.6 is 0 Å². The van der Waals surface area contributed by atoms with Crippen LogP contribution in [0.25, 0.3) is 10.8 Å². The summed E-state index contributed by atoms with van der Waals surface area (Å²) in [7, 11) is -3.90. The maximum atomic E-state index is 13.5. The smallest absolute Gasteiger partial charge is 0.241 e. The summed E-state index contributed by atoms with van der Waals surface area (Å²) in [5.41, 5.74) is 2.84. The van der Waals surface area contributed by atoms with Gasteiger partial charge in [0.1, 0.15) is 5.75 Å². The molecule has 8 heteroatoms. The molecule has 1 amide bonds. The minimum atomic E-state index is -3.90. The first-order chi connectivity index (χ1) is 21.4. The molecule has 0 bridgehead atoms. The molecule has 3 N–H and O–H groups in total. The first-order valence-corrected chi connectivity index (χ1v) is 17.2. The number of rotatable bonds is 11. The Balaban J connectivity index is 1.12. The number of carbonyl (C=O) groups is 1. The van der Waals surface area contributed by atoms with Crippen LogP contribution in [0.4, 0.5) is 0 Å². The molecule has 1 heterocycles. The summed E-state index contributed by atoms with van der Waals surface area (Å²) in [5.74, 6) is 1.35. The van der Waals surface area contributed by atoms with Crippen LogP contribution in [0.15, 0.2) is 95.9 Å². The Hall–Kier alpha value is -3.72. The highest BCUT2D eigenvalue weighted by Gasteiger charge is 2.27. The lowest BCUT2D eigenvalue weighted by molar-refractivity contribution is -0.122. The maximum absolute atomic E-state index is 13.5. The van der Waals surface area contributed by atoms with E-state index in [1.165, 1.54) is 37.7 Å². The summed E-state index contributed by atoms with van der Waals surface area (Å²) < 4.78 is 35.9. The Morgan fingerprint density at radius 2 is 1.61 bits per heavy atom. The summed E-state index contributed by atoms with van der Waals surface area (Å²) in [4.78, 5) is 13.6. The van der Waals surface area contributed by atoms with Crippen molar-refractivity contribution >= 4 is 26.7 Å². The Morgan fingerprint density at radius 1 is 0.841 bits per heavy atom. The number of hydrogen-bond donors (Lipinski definition) is 3. The molecule has 1 aliphatic carbocycles. The fourth-order valence-corrected chi connectivity index (χ4v) is 7.71. The fraction of sp³-hybridized carbons (Fsp3) is 0.361. The molecular weight excluding hydrogens is 570 g/mol. The predicted molar refractivity (Wildman–Crippen MR) is 174 cm³/mol. The van der Waals surface area contributed by atoms with E-state index in [1.807, 2.05) is 60.7 Å². The van der Waals surface area contributed by atoms with Gasteiger partial charge in [-0.3, -0.25) is 4.79 Å². The molecular formula is C36H41N3O4S. The zero-order valence-corrected chi connectivity index (χ0v) is 25.8. The standard InChI is InChI=1S/C36H41N3O4S/c40-36(38-33-19-20-43-35-21-27(15-18-32(33)35)25-37-24-26-9-3-1-4-10-26)23-34(29-12-5-2-6-13-29)39-44(41,42)31-17-16-28-11-7-8-14-30(28)22-31/h2,5-8,11-18,21-22,26,33-34,37,39H,1,3-4,9-10,19-20,23-25H2,(H,38,40). The zero-order chi connectivity index (χ0) is 30.4. The van der Waals surface area contributed by atoms with E-state index < -0.39 is 16.1 Å². The van der Waals surface area contributed by atoms with Crippen molar-refractivity contribution in [1.82, 2.24) is 15.4 Å². The molecule has 0 aromatic heterocycles. The van der Waals surface area contributed by atoms with Crippen LogP contribution in [-0.2, 0) is 21.4 Å². The van der Waals surface area contributed by atoms with Crippen LogP contribution in [0.5, 0.6) is 5.75 Å². The molecule has 1 fully saturated rings. The number of benzene rings is 4. The summed E-state index contributed by atoms with van der Waals surface area (Å²) in [6.07, 6.45) is 7.30. The number of sulfonamides is 1. The SMILES string of the molecule is O=C(CC(NS(=O)(=O)c1ccc2ccccc2c1)c1ccccc1)NC1CCOc2cc(CNCC3CCCCC3)ccc21. The van der Waals surface area contributed by atoms with Crippen LogP contribution in [-0.4, -0.2) is 27.5 Å². The predicted octanol–water partition coefficient (Wildman–Crippen LogP) is 6.56. The Morgan fingerprint density at radius 3 is 2.43 bits per heavy atom. The van der Waals surface area contributed by atoms with Gasteiger partial charge in [0.05, 0.1) is 23.6 Å². The first-order valence-electron chi connectivity index (χ1n) is 15.8. The molecule has 1 aliphatic heterocycles. The lowest BCUT2D eigenvalue weighted by atomic mass is 9.89. The van der Waals surface area contributed by atoms with Crippen LogP contribution in [0.2, 0.25) is 0 Å². The van der Waals surface area contributed by atoms with Gasteiger partial charge < -0.3 is 15.4 Å². The van der Waals surface area contributed by atoms with Gasteiger partial charge >= 0.3 is 0 Å². The maximum Gasteiger partial charge on any atom is 0.241 e. The van der Waals surface area contributed by atoms with Crippen molar-refractivity contribution in [1.29, 1.82) is 0 Å². The Bertz CT molecular complexity index is 1690. The van der Waals surface area contributed by atoms with Crippen molar-refractivity contribution in [3.63, 3.8) is 0 Å². The topological polar surface area (TPSA) is 96.5 Å².